The van der Waals surface area contributed by atoms with E-state index in [1.807, 2.05) is 54.6 Å². The van der Waals surface area contributed by atoms with E-state index in [2.05, 4.69) is 5.32 Å². The Hall–Kier alpha value is -2.37. The first-order valence-electron chi connectivity index (χ1n) is 8.00. The lowest BCUT2D eigenvalue weighted by Gasteiger charge is -2.16. The summed E-state index contributed by atoms with van der Waals surface area (Å²) in [6, 6.07) is 16.5. The van der Waals surface area contributed by atoms with E-state index in [1.165, 1.54) is 0 Å². The van der Waals surface area contributed by atoms with Crippen LogP contribution in [-0.2, 0) is 11.2 Å². The number of aliphatic hydroxyl groups is 2. The van der Waals surface area contributed by atoms with Crippen molar-refractivity contribution in [1.29, 1.82) is 0 Å². The summed E-state index contributed by atoms with van der Waals surface area (Å²) in [6.45, 7) is 0.117. The molecular formula is C19H23NO4. The fourth-order valence-corrected chi connectivity index (χ4v) is 2.36. The molecule has 0 aliphatic carbocycles. The molecule has 0 aliphatic heterocycles. The molecule has 5 heteroatoms. The van der Waals surface area contributed by atoms with Crippen LogP contribution in [0.5, 0.6) is 5.75 Å². The number of aliphatic hydroxyl groups excluding tert-OH is 2. The highest BCUT2D eigenvalue weighted by atomic mass is 16.5. The highest BCUT2D eigenvalue weighted by Gasteiger charge is 2.13. The van der Waals surface area contributed by atoms with E-state index in [0.29, 0.717) is 18.6 Å². The molecule has 5 nitrogen and oxygen atoms in total. The number of amides is 1. The van der Waals surface area contributed by atoms with E-state index >= 15 is 0 Å². The van der Waals surface area contributed by atoms with Gasteiger partial charge in [-0.05, 0) is 29.7 Å². The van der Waals surface area contributed by atoms with Crippen LogP contribution in [0.4, 0.5) is 0 Å². The van der Waals surface area contributed by atoms with Crippen molar-refractivity contribution in [3.8, 4) is 5.75 Å². The third-order valence-corrected chi connectivity index (χ3v) is 3.64. The molecule has 0 spiro atoms. The van der Waals surface area contributed by atoms with Crippen LogP contribution in [0.3, 0.4) is 0 Å². The van der Waals surface area contributed by atoms with Crippen LogP contribution < -0.4 is 10.1 Å². The molecule has 0 heterocycles. The molecule has 0 fully saturated rings. The van der Waals surface area contributed by atoms with E-state index in [4.69, 9.17) is 9.84 Å². The highest BCUT2D eigenvalue weighted by molar-refractivity contribution is 5.76. The maximum atomic E-state index is 12.1. The molecule has 0 aromatic heterocycles. The second kappa shape index (κ2) is 9.70. The van der Waals surface area contributed by atoms with Gasteiger partial charge in [-0.15, -0.1) is 0 Å². The highest BCUT2D eigenvalue weighted by Crippen LogP contribution is 2.14. The van der Waals surface area contributed by atoms with Crippen molar-refractivity contribution in [1.82, 2.24) is 5.32 Å². The number of carbonyl (C=O) groups is 1. The lowest BCUT2D eigenvalue weighted by atomic mass is 10.1. The molecule has 3 N–H and O–H groups in total. The number of carbonyl (C=O) groups excluding carboxylic acids is 1. The minimum absolute atomic E-state index is 0.0185. The molecule has 2 aromatic rings. The Balaban J connectivity index is 1.82. The Morgan fingerprint density at radius 1 is 1.04 bits per heavy atom. The van der Waals surface area contributed by atoms with Crippen LogP contribution in [0.15, 0.2) is 54.6 Å². The lowest BCUT2D eigenvalue weighted by Crippen LogP contribution is -2.30. The van der Waals surface area contributed by atoms with Gasteiger partial charge in [0.2, 0.25) is 5.91 Å². The molecule has 1 amide bonds. The zero-order chi connectivity index (χ0) is 17.2. The zero-order valence-corrected chi connectivity index (χ0v) is 13.5. The summed E-state index contributed by atoms with van der Waals surface area (Å²) < 4.78 is 5.29. The Morgan fingerprint density at radius 2 is 1.75 bits per heavy atom. The minimum Gasteiger partial charge on any atom is -0.491 e. The second-order valence-corrected chi connectivity index (χ2v) is 5.43. The summed E-state index contributed by atoms with van der Waals surface area (Å²) in [6.07, 6.45) is 0.958. The summed E-state index contributed by atoms with van der Waals surface area (Å²) in [5, 5.41) is 21.0. The average molecular weight is 329 g/mol. The quantitative estimate of drug-likeness (QED) is 0.656. The molecule has 0 aliphatic rings. The predicted molar refractivity (Wildman–Crippen MR) is 91.8 cm³/mol. The van der Waals surface area contributed by atoms with Crippen LogP contribution in [-0.4, -0.2) is 35.9 Å². The monoisotopic (exact) mass is 329 g/mol. The molecule has 2 rings (SSSR count). The van der Waals surface area contributed by atoms with E-state index in [9.17, 15) is 9.90 Å². The Labute approximate surface area is 141 Å². The van der Waals surface area contributed by atoms with E-state index in [0.717, 1.165) is 11.1 Å². The maximum absolute atomic E-state index is 12.1. The normalized spacial score (nSPS) is 11.8. The lowest BCUT2D eigenvalue weighted by molar-refractivity contribution is -0.122. The van der Waals surface area contributed by atoms with Crippen LogP contribution in [0.2, 0.25) is 0 Å². The number of rotatable bonds is 9. The van der Waals surface area contributed by atoms with Crippen LogP contribution in [0, 0.1) is 0 Å². The number of hydrogen-bond acceptors (Lipinski definition) is 4. The molecule has 0 bridgehead atoms. The summed E-state index contributed by atoms with van der Waals surface area (Å²) in [5.41, 5.74) is 1.92. The molecule has 0 saturated heterocycles. The Bertz CT molecular complexity index is 613. The van der Waals surface area contributed by atoms with Crippen LogP contribution >= 0.6 is 0 Å². The van der Waals surface area contributed by atoms with Gasteiger partial charge in [0.25, 0.3) is 0 Å². The topological polar surface area (TPSA) is 78.8 Å². The molecular weight excluding hydrogens is 306 g/mol. The van der Waals surface area contributed by atoms with Crippen LogP contribution in [0.1, 0.15) is 23.6 Å². The van der Waals surface area contributed by atoms with Crippen LogP contribution in [0.25, 0.3) is 0 Å². The fraction of sp³-hybridized carbons (Fsp3) is 0.316. The molecule has 1 atom stereocenters. The molecule has 24 heavy (non-hydrogen) atoms. The Morgan fingerprint density at radius 3 is 2.38 bits per heavy atom. The fourth-order valence-electron chi connectivity index (χ4n) is 2.36. The second-order valence-electron chi connectivity index (χ2n) is 5.43. The van der Waals surface area contributed by atoms with Gasteiger partial charge < -0.3 is 20.3 Å². The van der Waals surface area contributed by atoms with Gasteiger partial charge in [-0.2, -0.15) is 0 Å². The van der Waals surface area contributed by atoms with Crippen molar-refractivity contribution in [2.24, 2.45) is 0 Å². The van der Waals surface area contributed by atoms with Crippen molar-refractivity contribution in [3.05, 3.63) is 65.7 Å². The first-order valence-corrected chi connectivity index (χ1v) is 8.00. The summed E-state index contributed by atoms with van der Waals surface area (Å²) in [5.74, 6) is 0.597. The maximum Gasteiger partial charge on any atom is 0.220 e. The van der Waals surface area contributed by atoms with Crippen molar-refractivity contribution in [3.63, 3.8) is 0 Å². The van der Waals surface area contributed by atoms with Gasteiger partial charge in [0.1, 0.15) is 12.4 Å². The zero-order valence-electron chi connectivity index (χ0n) is 13.5. The largest absolute Gasteiger partial charge is 0.491 e. The summed E-state index contributed by atoms with van der Waals surface area (Å²) in [7, 11) is 0. The number of ether oxygens (including phenoxy) is 1. The molecule has 128 valence electrons. The van der Waals surface area contributed by atoms with E-state index in [1.54, 1.807) is 0 Å². The molecule has 1 unspecified atom stereocenters. The van der Waals surface area contributed by atoms with Crippen molar-refractivity contribution in [2.75, 3.05) is 19.8 Å². The predicted octanol–water partition coefficient (Wildman–Crippen LogP) is 1.84. The first kappa shape index (κ1) is 18.0. The third-order valence-electron chi connectivity index (χ3n) is 3.64. The van der Waals surface area contributed by atoms with E-state index < -0.39 is 0 Å². The van der Waals surface area contributed by atoms with E-state index in [-0.39, 0.29) is 31.8 Å². The molecule has 0 saturated carbocycles. The van der Waals surface area contributed by atoms with Gasteiger partial charge in [-0.1, -0.05) is 42.5 Å². The minimum atomic E-state index is -0.382. The van der Waals surface area contributed by atoms with Crippen molar-refractivity contribution >= 4 is 5.91 Å². The van der Waals surface area contributed by atoms with Gasteiger partial charge in [0, 0.05) is 6.42 Å². The standard InChI is InChI=1S/C19H23NO4/c21-12-13-24-17-9-6-15(7-10-17)8-11-19(23)20-18(14-22)16-4-2-1-3-5-16/h1-7,9-10,18,21-22H,8,11-14H2,(H,20,23). The summed E-state index contributed by atoms with van der Waals surface area (Å²) >= 11 is 0. The van der Waals surface area contributed by atoms with Gasteiger partial charge in [-0.25, -0.2) is 0 Å². The van der Waals surface area contributed by atoms with Gasteiger partial charge in [-0.3, -0.25) is 4.79 Å². The van der Waals surface area contributed by atoms with Crippen molar-refractivity contribution in [2.45, 2.75) is 18.9 Å². The number of aryl methyl sites for hydroxylation is 1. The number of benzene rings is 2. The van der Waals surface area contributed by atoms with Gasteiger partial charge in [0.15, 0.2) is 0 Å². The molecule has 0 radical (unpaired) electrons. The average Bonchev–Trinajstić information content (AvgIpc) is 2.64. The summed E-state index contributed by atoms with van der Waals surface area (Å²) in [4.78, 5) is 12.1. The van der Waals surface area contributed by atoms with Gasteiger partial charge >= 0.3 is 0 Å². The van der Waals surface area contributed by atoms with Crippen molar-refractivity contribution < 1.29 is 19.7 Å². The Kier molecular flexibility index (Phi) is 7.26. The smallest absolute Gasteiger partial charge is 0.220 e. The SMILES string of the molecule is O=C(CCc1ccc(OCCO)cc1)NC(CO)c1ccccc1. The molecule has 2 aromatic carbocycles. The number of nitrogens with one attached hydrogen (secondary N) is 1. The third kappa shape index (κ3) is 5.68. The van der Waals surface area contributed by atoms with Gasteiger partial charge in [0.05, 0.1) is 19.3 Å². The number of hydrogen-bond donors (Lipinski definition) is 3. The first-order chi connectivity index (χ1) is 11.7.